The van der Waals surface area contributed by atoms with Crippen molar-refractivity contribution in [3.63, 3.8) is 0 Å². The molecule has 2 nitrogen and oxygen atoms in total. The Bertz CT molecular complexity index is 577. The molecule has 3 heteroatoms. The molecule has 2 bridgehead atoms. The maximum atomic E-state index is 12.7. The highest BCUT2D eigenvalue weighted by molar-refractivity contribution is 9.10. The number of ketones is 2. The normalized spacial score (nSPS) is 28.8. The Morgan fingerprint density at radius 3 is 2.20 bits per heavy atom. The molecule has 1 saturated carbocycles. The zero-order chi connectivity index (χ0) is 14.3. The standard InChI is InChI=1S/C17H17BrO2/c1-2-10-7-8-13(18)9-14(10)15-16(19)11-3-4-12(6-5-11)17(15)20/h3-4,7-9,11-12,15H,2,5-6H2,1H3. The summed E-state index contributed by atoms with van der Waals surface area (Å²) in [5.41, 5.74) is 2.00. The number of aryl methyl sites for hydroxylation is 1. The Morgan fingerprint density at radius 1 is 1.10 bits per heavy atom. The van der Waals surface area contributed by atoms with Gasteiger partial charge in [-0.1, -0.05) is 41.1 Å². The fourth-order valence-electron chi connectivity index (χ4n) is 3.33. The SMILES string of the molecule is CCc1ccc(Br)cc1C1C(=O)C2C=CC(CC2)C1=O. The highest BCUT2D eigenvalue weighted by Crippen LogP contribution is 2.39. The fourth-order valence-corrected chi connectivity index (χ4v) is 3.70. The number of Topliss-reactive ketones (excluding diaryl/α,β-unsaturated/α-hetero) is 2. The quantitative estimate of drug-likeness (QED) is 0.609. The van der Waals surface area contributed by atoms with Crippen LogP contribution in [0.2, 0.25) is 0 Å². The van der Waals surface area contributed by atoms with Crippen molar-refractivity contribution >= 4 is 27.5 Å². The second kappa shape index (κ2) is 5.28. The summed E-state index contributed by atoms with van der Waals surface area (Å²) < 4.78 is 0.926. The van der Waals surface area contributed by atoms with Crippen molar-refractivity contribution in [3.05, 3.63) is 46.0 Å². The number of benzene rings is 1. The molecular weight excluding hydrogens is 316 g/mol. The van der Waals surface area contributed by atoms with Crippen molar-refractivity contribution in [2.45, 2.75) is 32.1 Å². The molecule has 1 aromatic rings. The summed E-state index contributed by atoms with van der Waals surface area (Å²) in [7, 11) is 0. The smallest absolute Gasteiger partial charge is 0.154 e. The monoisotopic (exact) mass is 332 g/mol. The van der Waals surface area contributed by atoms with Crippen LogP contribution in [0.4, 0.5) is 0 Å². The zero-order valence-corrected chi connectivity index (χ0v) is 13.0. The molecule has 2 unspecified atom stereocenters. The number of rotatable bonds is 2. The summed E-state index contributed by atoms with van der Waals surface area (Å²) in [6, 6.07) is 5.94. The lowest BCUT2D eigenvalue weighted by molar-refractivity contribution is -0.130. The average molecular weight is 333 g/mol. The van der Waals surface area contributed by atoms with Crippen molar-refractivity contribution in [3.8, 4) is 0 Å². The van der Waals surface area contributed by atoms with Crippen molar-refractivity contribution in [2.24, 2.45) is 11.8 Å². The van der Waals surface area contributed by atoms with Crippen molar-refractivity contribution < 1.29 is 9.59 Å². The van der Waals surface area contributed by atoms with E-state index in [1.807, 2.05) is 30.4 Å². The van der Waals surface area contributed by atoms with Crippen LogP contribution in [0, 0.1) is 11.8 Å². The van der Waals surface area contributed by atoms with Gasteiger partial charge in [0.05, 0.1) is 0 Å². The van der Waals surface area contributed by atoms with Gasteiger partial charge < -0.3 is 0 Å². The maximum Gasteiger partial charge on any atom is 0.154 e. The van der Waals surface area contributed by atoms with Gasteiger partial charge in [-0.3, -0.25) is 9.59 Å². The van der Waals surface area contributed by atoms with Crippen molar-refractivity contribution in [1.29, 1.82) is 0 Å². The summed E-state index contributed by atoms with van der Waals surface area (Å²) in [5.74, 6) is -0.564. The molecule has 1 aromatic carbocycles. The van der Waals surface area contributed by atoms with Gasteiger partial charge in [-0.2, -0.15) is 0 Å². The van der Waals surface area contributed by atoms with Crippen LogP contribution in [-0.4, -0.2) is 11.6 Å². The molecular formula is C17H17BrO2. The molecule has 1 fully saturated rings. The predicted molar refractivity (Wildman–Crippen MR) is 81.6 cm³/mol. The average Bonchev–Trinajstić information content (AvgIpc) is 2.65. The van der Waals surface area contributed by atoms with Gasteiger partial charge in [0.15, 0.2) is 11.6 Å². The fraction of sp³-hybridized carbons (Fsp3) is 0.412. The molecule has 0 amide bonds. The molecule has 0 N–H and O–H groups in total. The van der Waals surface area contributed by atoms with Crippen LogP contribution in [0.15, 0.2) is 34.8 Å². The maximum absolute atomic E-state index is 12.7. The third kappa shape index (κ3) is 2.18. The van der Waals surface area contributed by atoms with E-state index in [4.69, 9.17) is 0 Å². The van der Waals surface area contributed by atoms with Gasteiger partial charge in [0.25, 0.3) is 0 Å². The Balaban J connectivity index is 2.11. The number of halogens is 1. The summed E-state index contributed by atoms with van der Waals surface area (Å²) in [4.78, 5) is 25.4. The second-order valence-corrected chi connectivity index (χ2v) is 6.53. The van der Waals surface area contributed by atoms with E-state index < -0.39 is 5.92 Å². The molecule has 4 rings (SSSR count). The molecule has 20 heavy (non-hydrogen) atoms. The van der Waals surface area contributed by atoms with E-state index >= 15 is 0 Å². The first-order chi connectivity index (χ1) is 9.61. The van der Waals surface area contributed by atoms with Gasteiger partial charge in [0.2, 0.25) is 0 Å². The minimum absolute atomic E-state index is 0.0774. The van der Waals surface area contributed by atoms with E-state index in [0.29, 0.717) is 0 Å². The molecule has 0 heterocycles. The Morgan fingerprint density at radius 2 is 1.70 bits per heavy atom. The summed E-state index contributed by atoms with van der Waals surface area (Å²) in [6.07, 6.45) is 6.36. The largest absolute Gasteiger partial charge is 0.298 e. The van der Waals surface area contributed by atoms with E-state index in [-0.39, 0.29) is 23.4 Å². The lowest BCUT2D eigenvalue weighted by atomic mass is 9.83. The first-order valence-electron chi connectivity index (χ1n) is 7.16. The zero-order valence-electron chi connectivity index (χ0n) is 11.4. The van der Waals surface area contributed by atoms with Crippen LogP contribution in [0.1, 0.15) is 36.8 Å². The number of carbonyl (C=O) groups is 2. The van der Waals surface area contributed by atoms with Crippen LogP contribution in [0.3, 0.4) is 0 Å². The Kier molecular flexibility index (Phi) is 3.63. The highest BCUT2D eigenvalue weighted by atomic mass is 79.9. The molecule has 0 spiro atoms. The van der Waals surface area contributed by atoms with E-state index in [1.165, 1.54) is 0 Å². The van der Waals surface area contributed by atoms with Crippen LogP contribution in [0.5, 0.6) is 0 Å². The third-order valence-electron chi connectivity index (χ3n) is 4.46. The molecule has 3 aliphatic carbocycles. The van der Waals surface area contributed by atoms with Gasteiger partial charge in [-0.25, -0.2) is 0 Å². The van der Waals surface area contributed by atoms with Crippen molar-refractivity contribution in [2.75, 3.05) is 0 Å². The Labute approximate surface area is 127 Å². The molecule has 0 aliphatic heterocycles. The predicted octanol–water partition coefficient (Wildman–Crippen LogP) is 3.83. The van der Waals surface area contributed by atoms with Crippen LogP contribution >= 0.6 is 15.9 Å². The Hall–Kier alpha value is -1.22. The molecule has 104 valence electrons. The van der Waals surface area contributed by atoms with Gasteiger partial charge in [-0.15, -0.1) is 0 Å². The third-order valence-corrected chi connectivity index (χ3v) is 4.96. The van der Waals surface area contributed by atoms with E-state index in [2.05, 4.69) is 22.9 Å². The topological polar surface area (TPSA) is 34.1 Å². The van der Waals surface area contributed by atoms with Crippen LogP contribution < -0.4 is 0 Å². The number of hydrogen-bond acceptors (Lipinski definition) is 2. The summed E-state index contributed by atoms with van der Waals surface area (Å²) in [6.45, 7) is 2.06. The number of allylic oxidation sites excluding steroid dienone is 2. The van der Waals surface area contributed by atoms with Gasteiger partial charge in [0, 0.05) is 16.3 Å². The van der Waals surface area contributed by atoms with Gasteiger partial charge in [-0.05, 0) is 42.5 Å². The van der Waals surface area contributed by atoms with E-state index in [9.17, 15) is 9.59 Å². The lowest BCUT2D eigenvalue weighted by Crippen LogP contribution is -2.26. The number of fused-ring (bicyclic) bond motifs is 3. The molecule has 2 atom stereocenters. The van der Waals surface area contributed by atoms with Gasteiger partial charge in [0.1, 0.15) is 5.92 Å². The first kappa shape index (κ1) is 13.7. The van der Waals surface area contributed by atoms with Crippen LogP contribution in [-0.2, 0) is 16.0 Å². The number of carbonyl (C=O) groups excluding carboxylic acids is 2. The van der Waals surface area contributed by atoms with E-state index in [1.54, 1.807) is 0 Å². The van der Waals surface area contributed by atoms with Gasteiger partial charge >= 0.3 is 0 Å². The number of hydrogen-bond donors (Lipinski definition) is 0. The minimum Gasteiger partial charge on any atom is -0.298 e. The molecule has 3 aliphatic rings. The summed E-state index contributed by atoms with van der Waals surface area (Å²) >= 11 is 3.46. The lowest BCUT2D eigenvalue weighted by Gasteiger charge is -2.18. The molecule has 0 radical (unpaired) electrons. The first-order valence-corrected chi connectivity index (χ1v) is 7.95. The highest BCUT2D eigenvalue weighted by Gasteiger charge is 2.42. The molecule has 0 aromatic heterocycles. The minimum atomic E-state index is -0.574. The van der Waals surface area contributed by atoms with E-state index in [0.717, 1.165) is 34.9 Å². The second-order valence-electron chi connectivity index (χ2n) is 5.61. The molecule has 0 saturated heterocycles. The summed E-state index contributed by atoms with van der Waals surface area (Å²) in [5, 5.41) is 0. The van der Waals surface area contributed by atoms with Crippen LogP contribution in [0.25, 0.3) is 0 Å². The van der Waals surface area contributed by atoms with Crippen molar-refractivity contribution in [1.82, 2.24) is 0 Å².